The van der Waals surface area contributed by atoms with Crippen molar-refractivity contribution >= 4 is 12.0 Å². The average Bonchev–Trinajstić information content (AvgIpc) is 2.67. The Kier molecular flexibility index (Phi) is 5.93. The van der Waals surface area contributed by atoms with E-state index in [4.69, 9.17) is 9.47 Å². The molecule has 0 fully saturated rings. The molecule has 0 aromatic heterocycles. The molecule has 1 unspecified atom stereocenters. The number of hydrogen-bond acceptors (Lipinski definition) is 4. The number of esters is 1. The van der Waals surface area contributed by atoms with E-state index in [0.29, 0.717) is 22.6 Å². The van der Waals surface area contributed by atoms with Crippen LogP contribution in [0.4, 0.5) is 9.18 Å². The van der Waals surface area contributed by atoms with Gasteiger partial charge in [-0.2, -0.15) is 0 Å². The fourth-order valence-corrected chi connectivity index (χ4v) is 2.95. The summed E-state index contributed by atoms with van der Waals surface area (Å²) in [7, 11) is 0. The summed E-state index contributed by atoms with van der Waals surface area (Å²) in [6.45, 7) is 3.88. The number of benzene rings is 2. The molecule has 2 aromatic rings. The first-order valence-corrected chi connectivity index (χ1v) is 8.90. The van der Waals surface area contributed by atoms with Gasteiger partial charge in [-0.1, -0.05) is 24.3 Å². The minimum Gasteiger partial charge on any atom is -0.489 e. The Balaban J connectivity index is 1.82. The Morgan fingerprint density at radius 1 is 1.18 bits per heavy atom. The van der Waals surface area contributed by atoms with E-state index in [1.807, 2.05) is 0 Å². The van der Waals surface area contributed by atoms with E-state index < -0.39 is 18.0 Å². The lowest BCUT2D eigenvalue weighted by Crippen LogP contribution is -2.45. The summed E-state index contributed by atoms with van der Waals surface area (Å²) in [4.78, 5) is 24.3. The van der Waals surface area contributed by atoms with E-state index in [1.165, 1.54) is 12.1 Å². The summed E-state index contributed by atoms with van der Waals surface area (Å²) in [5.74, 6) is -0.230. The summed E-state index contributed by atoms with van der Waals surface area (Å²) >= 11 is 0. The van der Waals surface area contributed by atoms with Gasteiger partial charge >= 0.3 is 12.0 Å². The average molecular weight is 384 g/mol. The van der Waals surface area contributed by atoms with Crippen LogP contribution in [0, 0.1) is 5.82 Å². The molecule has 1 aliphatic heterocycles. The lowest BCUT2D eigenvalue weighted by atomic mass is 9.95. The molecule has 28 heavy (non-hydrogen) atoms. The van der Waals surface area contributed by atoms with Crippen LogP contribution >= 0.6 is 0 Å². The van der Waals surface area contributed by atoms with Gasteiger partial charge in [-0.3, -0.25) is 0 Å². The Morgan fingerprint density at radius 3 is 2.64 bits per heavy atom. The molecule has 0 saturated heterocycles. The Hall–Kier alpha value is -3.35. The molecule has 2 aromatic carbocycles. The number of halogens is 1. The van der Waals surface area contributed by atoms with Crippen molar-refractivity contribution in [3.05, 3.63) is 76.7 Å². The molecule has 146 valence electrons. The third-order valence-electron chi connectivity index (χ3n) is 4.27. The topological polar surface area (TPSA) is 76.7 Å². The number of hydrogen-bond donors (Lipinski definition) is 2. The number of allylic oxidation sites excluding steroid dienone is 1. The fourth-order valence-electron chi connectivity index (χ4n) is 2.95. The van der Waals surface area contributed by atoms with Crippen molar-refractivity contribution in [1.29, 1.82) is 0 Å². The molecule has 0 radical (unpaired) electrons. The second kappa shape index (κ2) is 8.56. The van der Waals surface area contributed by atoms with Crippen LogP contribution in [0.2, 0.25) is 0 Å². The zero-order valence-corrected chi connectivity index (χ0v) is 15.6. The maximum absolute atomic E-state index is 13.0. The van der Waals surface area contributed by atoms with Crippen molar-refractivity contribution in [2.45, 2.75) is 26.5 Å². The molecule has 0 spiro atoms. The second-order valence-electron chi connectivity index (χ2n) is 6.28. The Bertz CT molecular complexity index is 909. The van der Waals surface area contributed by atoms with E-state index in [2.05, 4.69) is 10.6 Å². The molecule has 7 heteroatoms. The van der Waals surface area contributed by atoms with Crippen LogP contribution in [0.5, 0.6) is 5.75 Å². The first-order chi connectivity index (χ1) is 13.5. The van der Waals surface area contributed by atoms with Gasteiger partial charge in [-0.25, -0.2) is 14.0 Å². The van der Waals surface area contributed by atoms with Gasteiger partial charge in [-0.15, -0.1) is 0 Å². The van der Waals surface area contributed by atoms with Crippen molar-refractivity contribution in [2.75, 3.05) is 6.61 Å². The molecule has 3 rings (SSSR count). The second-order valence-corrected chi connectivity index (χ2v) is 6.28. The van der Waals surface area contributed by atoms with Gasteiger partial charge in [0.2, 0.25) is 0 Å². The number of carbonyl (C=O) groups is 2. The third-order valence-corrected chi connectivity index (χ3v) is 4.27. The highest BCUT2D eigenvalue weighted by atomic mass is 19.1. The van der Waals surface area contributed by atoms with Gasteiger partial charge in [0.25, 0.3) is 0 Å². The zero-order chi connectivity index (χ0) is 20.1. The molecule has 0 saturated carbocycles. The van der Waals surface area contributed by atoms with E-state index in [9.17, 15) is 14.0 Å². The fraction of sp³-hybridized carbons (Fsp3) is 0.238. The van der Waals surface area contributed by atoms with E-state index >= 15 is 0 Å². The van der Waals surface area contributed by atoms with E-state index in [1.54, 1.807) is 50.2 Å². The van der Waals surface area contributed by atoms with Gasteiger partial charge < -0.3 is 20.1 Å². The highest BCUT2D eigenvalue weighted by Crippen LogP contribution is 2.29. The van der Waals surface area contributed by atoms with Crippen LogP contribution in [0.15, 0.2) is 59.8 Å². The summed E-state index contributed by atoms with van der Waals surface area (Å²) in [5.41, 5.74) is 2.31. The molecular weight excluding hydrogens is 363 g/mol. The largest absolute Gasteiger partial charge is 0.489 e. The number of urea groups is 1. The Labute approximate surface area is 162 Å². The molecule has 1 heterocycles. The molecule has 0 aliphatic carbocycles. The van der Waals surface area contributed by atoms with Crippen LogP contribution in [-0.4, -0.2) is 18.6 Å². The highest BCUT2D eigenvalue weighted by Gasteiger charge is 2.32. The number of ether oxygens (including phenoxy) is 2. The first kappa shape index (κ1) is 19.4. The van der Waals surface area contributed by atoms with Crippen molar-refractivity contribution < 1.29 is 23.5 Å². The van der Waals surface area contributed by atoms with Crippen molar-refractivity contribution in [1.82, 2.24) is 10.6 Å². The monoisotopic (exact) mass is 384 g/mol. The smallest absolute Gasteiger partial charge is 0.338 e. The molecule has 6 nitrogen and oxygen atoms in total. The lowest BCUT2D eigenvalue weighted by molar-refractivity contribution is -0.139. The number of rotatable bonds is 6. The summed E-state index contributed by atoms with van der Waals surface area (Å²) in [6.07, 6.45) is 0. The number of nitrogens with one attached hydrogen (secondary N) is 2. The van der Waals surface area contributed by atoms with Crippen molar-refractivity contribution in [3.63, 3.8) is 0 Å². The maximum atomic E-state index is 13.0. The van der Waals surface area contributed by atoms with Gasteiger partial charge in [0.15, 0.2) is 0 Å². The van der Waals surface area contributed by atoms with Crippen molar-refractivity contribution in [3.8, 4) is 5.75 Å². The summed E-state index contributed by atoms with van der Waals surface area (Å²) < 4.78 is 23.9. The third kappa shape index (κ3) is 4.49. The summed E-state index contributed by atoms with van der Waals surface area (Å²) in [6, 6.07) is 12.1. The standard InChI is InChI=1S/C21H21FN2O4/c1-3-27-20(25)18-13(2)23-21(26)24-19(18)15-5-4-6-17(11-15)28-12-14-7-9-16(22)10-8-14/h4-11,19H,3,12H2,1-2H3,(H2,23,24,26). The first-order valence-electron chi connectivity index (χ1n) is 8.90. The van der Waals surface area contributed by atoms with Gasteiger partial charge in [-0.05, 0) is 49.2 Å². The minimum atomic E-state index is -0.651. The molecular formula is C21H21FN2O4. The SMILES string of the molecule is CCOC(=O)C1=C(C)NC(=O)NC1c1cccc(OCc2ccc(F)cc2)c1. The highest BCUT2D eigenvalue weighted by molar-refractivity contribution is 5.95. The van der Waals surface area contributed by atoms with Crippen molar-refractivity contribution in [2.24, 2.45) is 0 Å². The zero-order valence-electron chi connectivity index (χ0n) is 15.6. The van der Waals surface area contributed by atoms with Gasteiger partial charge in [0, 0.05) is 5.70 Å². The molecule has 1 aliphatic rings. The maximum Gasteiger partial charge on any atom is 0.338 e. The normalized spacial score (nSPS) is 16.2. The minimum absolute atomic E-state index is 0.233. The van der Waals surface area contributed by atoms with Crippen LogP contribution in [0.1, 0.15) is 31.0 Å². The van der Waals surface area contributed by atoms with Gasteiger partial charge in [0.1, 0.15) is 18.2 Å². The predicted octanol–water partition coefficient (Wildman–Crippen LogP) is 3.60. The molecule has 2 amide bonds. The van der Waals surface area contributed by atoms with Gasteiger partial charge in [0.05, 0.1) is 18.2 Å². The Morgan fingerprint density at radius 2 is 1.93 bits per heavy atom. The molecule has 0 bridgehead atoms. The van der Waals surface area contributed by atoms with E-state index in [0.717, 1.165) is 5.56 Å². The molecule has 1 atom stereocenters. The number of carbonyl (C=O) groups excluding carboxylic acids is 2. The number of amides is 2. The predicted molar refractivity (Wildman–Crippen MR) is 101 cm³/mol. The van der Waals surface area contributed by atoms with Crippen LogP contribution in [-0.2, 0) is 16.1 Å². The van der Waals surface area contributed by atoms with E-state index in [-0.39, 0.29) is 19.0 Å². The summed E-state index contributed by atoms with van der Waals surface area (Å²) in [5, 5.41) is 5.35. The lowest BCUT2D eigenvalue weighted by Gasteiger charge is -2.28. The van der Waals surface area contributed by atoms with Crippen LogP contribution in [0.3, 0.4) is 0 Å². The quantitative estimate of drug-likeness (QED) is 0.746. The van der Waals surface area contributed by atoms with Crippen LogP contribution < -0.4 is 15.4 Å². The van der Waals surface area contributed by atoms with Crippen LogP contribution in [0.25, 0.3) is 0 Å². The molecule has 2 N–H and O–H groups in total.